The summed E-state index contributed by atoms with van der Waals surface area (Å²) in [4.78, 5) is 13.0. The first kappa shape index (κ1) is 12.4. The number of nitrogens with zero attached hydrogens (tertiary/aromatic N) is 1. The zero-order valence-electron chi connectivity index (χ0n) is 9.15. The molecule has 86 valence electrons. The average Bonchev–Trinajstić information content (AvgIpc) is 2.26. The Morgan fingerprint density at radius 1 is 1.25 bits per heavy atom. The molecule has 0 saturated heterocycles. The fourth-order valence-electron chi connectivity index (χ4n) is 1.28. The molecule has 0 unspecified atom stereocenters. The van der Waals surface area contributed by atoms with E-state index in [0.717, 1.165) is 0 Å². The highest BCUT2D eigenvalue weighted by molar-refractivity contribution is 6.19. The normalized spacial score (nSPS) is 11.7. The van der Waals surface area contributed by atoms with Gasteiger partial charge in [0.05, 0.1) is 0 Å². The van der Waals surface area contributed by atoms with Gasteiger partial charge in [0, 0.05) is 19.7 Å². The van der Waals surface area contributed by atoms with Gasteiger partial charge in [-0.3, -0.25) is 4.79 Å². The van der Waals surface area contributed by atoms with E-state index in [0.29, 0.717) is 11.6 Å². The standard InChI is InChI=1S/C12H13F2NO/c1-15(2)12(16)10(8-11(13)14)9-6-4-3-5-7-9/h3-8,11H,1-2H3/b10-8-. The molecule has 1 aromatic carbocycles. The zero-order valence-corrected chi connectivity index (χ0v) is 9.15. The van der Waals surface area contributed by atoms with Crippen molar-refractivity contribution in [1.29, 1.82) is 0 Å². The number of alkyl halides is 2. The number of halogens is 2. The minimum atomic E-state index is -2.64. The number of allylic oxidation sites excluding steroid dienone is 1. The van der Waals surface area contributed by atoms with E-state index in [9.17, 15) is 13.6 Å². The number of hydrogen-bond donors (Lipinski definition) is 0. The van der Waals surface area contributed by atoms with Crippen LogP contribution in [0.1, 0.15) is 5.56 Å². The highest BCUT2D eigenvalue weighted by Crippen LogP contribution is 2.18. The van der Waals surface area contributed by atoms with Crippen molar-refractivity contribution >= 4 is 11.5 Å². The van der Waals surface area contributed by atoms with Gasteiger partial charge < -0.3 is 4.90 Å². The van der Waals surface area contributed by atoms with Gasteiger partial charge in [-0.1, -0.05) is 30.3 Å². The van der Waals surface area contributed by atoms with Crippen molar-refractivity contribution < 1.29 is 13.6 Å². The van der Waals surface area contributed by atoms with Gasteiger partial charge >= 0.3 is 0 Å². The van der Waals surface area contributed by atoms with E-state index in [-0.39, 0.29) is 5.57 Å². The van der Waals surface area contributed by atoms with Crippen molar-refractivity contribution in [2.75, 3.05) is 14.1 Å². The molecule has 4 heteroatoms. The molecule has 0 bridgehead atoms. The fraction of sp³-hybridized carbons (Fsp3) is 0.250. The molecule has 1 rings (SSSR count). The number of amides is 1. The van der Waals surface area contributed by atoms with E-state index in [4.69, 9.17) is 0 Å². The number of carbonyl (C=O) groups excluding carboxylic acids is 1. The molecule has 0 fully saturated rings. The lowest BCUT2D eigenvalue weighted by Gasteiger charge is -2.13. The van der Waals surface area contributed by atoms with Crippen molar-refractivity contribution in [2.24, 2.45) is 0 Å². The lowest BCUT2D eigenvalue weighted by molar-refractivity contribution is -0.122. The van der Waals surface area contributed by atoms with E-state index in [1.807, 2.05) is 0 Å². The minimum absolute atomic E-state index is 0.0283. The summed E-state index contributed by atoms with van der Waals surface area (Å²) in [6, 6.07) is 8.45. The molecule has 0 N–H and O–H groups in total. The molecule has 0 aliphatic heterocycles. The van der Waals surface area contributed by atoms with Crippen LogP contribution in [-0.2, 0) is 4.79 Å². The predicted molar refractivity (Wildman–Crippen MR) is 59.1 cm³/mol. The van der Waals surface area contributed by atoms with E-state index < -0.39 is 12.3 Å². The Balaban J connectivity index is 3.12. The van der Waals surface area contributed by atoms with Gasteiger partial charge in [0.15, 0.2) is 0 Å². The van der Waals surface area contributed by atoms with Gasteiger partial charge in [-0.2, -0.15) is 0 Å². The SMILES string of the molecule is CN(C)C(=O)/C(=C\C(F)F)c1ccccc1. The number of rotatable bonds is 3. The van der Waals surface area contributed by atoms with Crippen molar-refractivity contribution in [2.45, 2.75) is 6.43 Å². The van der Waals surface area contributed by atoms with Crippen molar-refractivity contribution in [3.05, 3.63) is 42.0 Å². The van der Waals surface area contributed by atoms with Gasteiger partial charge in [0.25, 0.3) is 12.3 Å². The molecule has 0 aromatic heterocycles. The minimum Gasteiger partial charge on any atom is -0.345 e. The van der Waals surface area contributed by atoms with E-state index in [2.05, 4.69) is 0 Å². The fourth-order valence-corrected chi connectivity index (χ4v) is 1.28. The van der Waals surface area contributed by atoms with Crippen LogP contribution in [0.15, 0.2) is 36.4 Å². The Bertz CT molecular complexity index is 385. The molecule has 2 nitrogen and oxygen atoms in total. The molecule has 1 aromatic rings. The summed E-state index contributed by atoms with van der Waals surface area (Å²) < 4.78 is 24.7. The highest BCUT2D eigenvalue weighted by Gasteiger charge is 2.15. The van der Waals surface area contributed by atoms with Crippen LogP contribution in [0.2, 0.25) is 0 Å². The summed E-state index contributed by atoms with van der Waals surface area (Å²) in [7, 11) is 3.06. The van der Waals surface area contributed by atoms with Gasteiger partial charge in [0.2, 0.25) is 0 Å². The topological polar surface area (TPSA) is 20.3 Å². The second-order valence-corrected chi connectivity index (χ2v) is 3.48. The molecule has 0 heterocycles. The molecule has 1 amide bonds. The first-order valence-corrected chi connectivity index (χ1v) is 4.79. The Morgan fingerprint density at radius 2 is 1.81 bits per heavy atom. The van der Waals surface area contributed by atoms with E-state index >= 15 is 0 Å². The molecule has 0 aliphatic rings. The quantitative estimate of drug-likeness (QED) is 0.723. The summed E-state index contributed by atoms with van der Waals surface area (Å²) in [5.74, 6) is -0.425. The van der Waals surface area contributed by atoms with Crippen LogP contribution in [0, 0.1) is 0 Å². The lowest BCUT2D eigenvalue weighted by atomic mass is 10.0. The maximum Gasteiger partial charge on any atom is 0.258 e. The van der Waals surface area contributed by atoms with Crippen LogP contribution in [0.3, 0.4) is 0 Å². The second-order valence-electron chi connectivity index (χ2n) is 3.48. The lowest BCUT2D eigenvalue weighted by Crippen LogP contribution is -2.23. The third kappa shape index (κ3) is 3.15. The average molecular weight is 225 g/mol. The van der Waals surface area contributed by atoms with Gasteiger partial charge in [-0.05, 0) is 11.6 Å². The first-order valence-electron chi connectivity index (χ1n) is 4.79. The highest BCUT2D eigenvalue weighted by atomic mass is 19.3. The van der Waals surface area contributed by atoms with Crippen LogP contribution >= 0.6 is 0 Å². The Morgan fingerprint density at radius 3 is 2.25 bits per heavy atom. The van der Waals surface area contributed by atoms with Crippen molar-refractivity contribution in [3.8, 4) is 0 Å². The third-order valence-electron chi connectivity index (χ3n) is 2.01. The molecule has 0 radical (unpaired) electrons. The predicted octanol–water partition coefficient (Wildman–Crippen LogP) is 2.42. The van der Waals surface area contributed by atoms with Crippen LogP contribution in [0.25, 0.3) is 5.57 Å². The summed E-state index contributed by atoms with van der Waals surface area (Å²) in [5.41, 5.74) is 0.530. The molecule has 0 saturated carbocycles. The molecule has 0 atom stereocenters. The maximum absolute atomic E-state index is 12.3. The Labute approximate surface area is 93.2 Å². The summed E-state index contributed by atoms with van der Waals surface area (Å²) in [6.45, 7) is 0. The maximum atomic E-state index is 12.3. The van der Waals surface area contributed by atoms with Gasteiger partial charge in [-0.15, -0.1) is 0 Å². The van der Waals surface area contributed by atoms with Crippen LogP contribution < -0.4 is 0 Å². The van der Waals surface area contributed by atoms with Crippen LogP contribution in [0.5, 0.6) is 0 Å². The first-order chi connectivity index (χ1) is 7.52. The summed E-state index contributed by atoms with van der Waals surface area (Å²) in [6.07, 6.45) is -1.96. The Kier molecular flexibility index (Phi) is 4.17. The van der Waals surface area contributed by atoms with Gasteiger partial charge in [0.1, 0.15) is 0 Å². The van der Waals surface area contributed by atoms with Crippen molar-refractivity contribution in [1.82, 2.24) is 4.90 Å². The number of carbonyl (C=O) groups is 1. The molecule has 16 heavy (non-hydrogen) atoms. The van der Waals surface area contributed by atoms with Crippen LogP contribution in [0.4, 0.5) is 8.78 Å². The number of likely N-dealkylation sites (N-methyl/N-ethyl adjacent to an activating group) is 1. The Hall–Kier alpha value is -1.71. The third-order valence-corrected chi connectivity index (χ3v) is 2.01. The smallest absolute Gasteiger partial charge is 0.258 e. The zero-order chi connectivity index (χ0) is 12.1. The van der Waals surface area contributed by atoms with E-state index in [1.54, 1.807) is 30.3 Å². The number of hydrogen-bond acceptors (Lipinski definition) is 1. The summed E-state index contributed by atoms with van der Waals surface area (Å²) >= 11 is 0. The number of benzene rings is 1. The largest absolute Gasteiger partial charge is 0.345 e. The van der Waals surface area contributed by atoms with Crippen molar-refractivity contribution in [3.63, 3.8) is 0 Å². The monoisotopic (exact) mass is 225 g/mol. The molecular weight excluding hydrogens is 212 g/mol. The second kappa shape index (κ2) is 5.39. The molecule has 0 spiro atoms. The molecular formula is C12H13F2NO. The van der Waals surface area contributed by atoms with E-state index in [1.165, 1.54) is 19.0 Å². The van der Waals surface area contributed by atoms with Gasteiger partial charge in [-0.25, -0.2) is 8.78 Å². The molecule has 0 aliphatic carbocycles. The van der Waals surface area contributed by atoms with Crippen LogP contribution in [-0.4, -0.2) is 31.3 Å². The summed E-state index contributed by atoms with van der Waals surface area (Å²) in [5, 5.41) is 0.